The van der Waals surface area contributed by atoms with Crippen LogP contribution in [-0.2, 0) is 11.3 Å². The van der Waals surface area contributed by atoms with Gasteiger partial charge in [0.15, 0.2) is 0 Å². The predicted octanol–water partition coefficient (Wildman–Crippen LogP) is 5.82. The van der Waals surface area contributed by atoms with Crippen molar-refractivity contribution in [3.63, 3.8) is 0 Å². The normalized spacial score (nSPS) is 17.0. The SMILES string of the molecule is C=CC(=O)N1CCCC(n2c(NC(=O)c3ccc(Cl)cc3)nc3cc(CN[C@@H](C)C(C)(C)C)ccc32)C1. The van der Waals surface area contributed by atoms with Gasteiger partial charge in [-0.25, -0.2) is 4.98 Å². The van der Waals surface area contributed by atoms with E-state index in [0.29, 0.717) is 35.7 Å². The summed E-state index contributed by atoms with van der Waals surface area (Å²) in [5.41, 5.74) is 3.51. The Bertz CT molecular complexity index is 1290. The maximum absolute atomic E-state index is 13.1. The molecule has 2 heterocycles. The second-order valence-corrected chi connectivity index (χ2v) is 11.3. The number of carbonyl (C=O) groups is 2. The number of fused-ring (bicyclic) bond motifs is 1. The number of nitrogens with zero attached hydrogens (tertiary/aromatic N) is 3. The fraction of sp³-hybridized carbons (Fsp3) is 0.414. The largest absolute Gasteiger partial charge is 0.337 e. The minimum absolute atomic E-state index is 0.0203. The number of aromatic nitrogens is 2. The Kier molecular flexibility index (Phi) is 8.05. The van der Waals surface area contributed by atoms with E-state index in [0.717, 1.165) is 36.0 Å². The van der Waals surface area contributed by atoms with Crippen LogP contribution in [-0.4, -0.2) is 45.4 Å². The lowest BCUT2D eigenvalue weighted by atomic mass is 9.88. The minimum atomic E-state index is -0.260. The number of rotatable bonds is 7. The second kappa shape index (κ2) is 11.1. The number of hydrogen-bond acceptors (Lipinski definition) is 4. The molecule has 196 valence electrons. The summed E-state index contributed by atoms with van der Waals surface area (Å²) in [7, 11) is 0. The van der Waals surface area contributed by atoms with Crippen molar-refractivity contribution < 1.29 is 9.59 Å². The van der Waals surface area contributed by atoms with Crippen LogP contribution >= 0.6 is 11.6 Å². The number of nitrogens with one attached hydrogen (secondary N) is 2. The maximum Gasteiger partial charge on any atom is 0.257 e. The average Bonchev–Trinajstić information content (AvgIpc) is 3.23. The van der Waals surface area contributed by atoms with Gasteiger partial charge in [-0.15, -0.1) is 0 Å². The van der Waals surface area contributed by atoms with Gasteiger partial charge in [-0.1, -0.05) is 45.0 Å². The molecule has 2 atom stereocenters. The first-order chi connectivity index (χ1) is 17.6. The summed E-state index contributed by atoms with van der Waals surface area (Å²) in [5, 5.41) is 7.18. The highest BCUT2D eigenvalue weighted by atomic mass is 35.5. The zero-order valence-corrected chi connectivity index (χ0v) is 22.8. The molecule has 0 saturated carbocycles. The molecule has 7 nitrogen and oxygen atoms in total. The van der Waals surface area contributed by atoms with Crippen molar-refractivity contribution in [1.82, 2.24) is 19.8 Å². The molecule has 1 aliphatic heterocycles. The van der Waals surface area contributed by atoms with Crippen LogP contribution in [0.3, 0.4) is 0 Å². The third-order valence-corrected chi connectivity index (χ3v) is 7.50. The van der Waals surface area contributed by atoms with Gasteiger partial charge in [0.1, 0.15) is 0 Å². The molecule has 2 aromatic carbocycles. The van der Waals surface area contributed by atoms with E-state index in [9.17, 15) is 9.59 Å². The lowest BCUT2D eigenvalue weighted by Gasteiger charge is -2.33. The van der Waals surface area contributed by atoms with Crippen molar-refractivity contribution in [2.45, 2.75) is 59.2 Å². The van der Waals surface area contributed by atoms with Gasteiger partial charge in [0.2, 0.25) is 11.9 Å². The van der Waals surface area contributed by atoms with Crippen LogP contribution in [0.1, 0.15) is 62.5 Å². The van der Waals surface area contributed by atoms with Crippen LogP contribution in [0.4, 0.5) is 5.95 Å². The number of anilines is 1. The molecule has 37 heavy (non-hydrogen) atoms. The first kappa shape index (κ1) is 26.9. The van der Waals surface area contributed by atoms with Crippen molar-refractivity contribution in [2.75, 3.05) is 18.4 Å². The van der Waals surface area contributed by atoms with Crippen LogP contribution in [0.15, 0.2) is 55.1 Å². The smallest absolute Gasteiger partial charge is 0.257 e. The third kappa shape index (κ3) is 6.22. The summed E-state index contributed by atoms with van der Waals surface area (Å²) < 4.78 is 2.07. The van der Waals surface area contributed by atoms with Crippen molar-refractivity contribution in [3.8, 4) is 0 Å². The standard InChI is InChI=1S/C29H36ClN5O2/c1-6-26(36)34-15-7-8-23(18-34)35-25-14-9-20(17-31-19(2)29(3,4)5)16-24(25)32-28(35)33-27(37)21-10-12-22(30)13-11-21/h6,9-14,16,19,23,31H,1,7-8,15,17-18H2,2-5H3,(H,32,33,37)/t19-,23?/m0/s1. The average molecular weight is 522 g/mol. The van der Waals surface area contributed by atoms with E-state index in [1.807, 2.05) is 4.90 Å². The molecule has 1 unspecified atom stereocenters. The maximum atomic E-state index is 13.1. The zero-order chi connectivity index (χ0) is 26.7. The Morgan fingerprint density at radius 2 is 1.95 bits per heavy atom. The lowest BCUT2D eigenvalue weighted by Crippen LogP contribution is -2.40. The van der Waals surface area contributed by atoms with Gasteiger partial charge >= 0.3 is 0 Å². The molecule has 2 amide bonds. The van der Waals surface area contributed by atoms with Crippen LogP contribution in [0.2, 0.25) is 5.02 Å². The molecule has 1 aromatic heterocycles. The molecule has 1 fully saturated rings. The van der Waals surface area contributed by atoms with E-state index >= 15 is 0 Å². The highest BCUT2D eigenvalue weighted by Crippen LogP contribution is 2.31. The molecule has 4 rings (SSSR count). The molecular formula is C29H36ClN5O2. The molecule has 0 spiro atoms. The fourth-order valence-corrected chi connectivity index (χ4v) is 4.68. The van der Waals surface area contributed by atoms with Gasteiger partial charge in [-0.3, -0.25) is 14.9 Å². The van der Waals surface area contributed by atoms with Crippen molar-refractivity contribution in [1.29, 1.82) is 0 Å². The number of carbonyl (C=O) groups excluding carboxylic acids is 2. The number of hydrogen-bond donors (Lipinski definition) is 2. The van der Waals surface area contributed by atoms with Crippen molar-refractivity contribution >= 4 is 40.4 Å². The second-order valence-electron chi connectivity index (χ2n) is 10.8. The first-order valence-corrected chi connectivity index (χ1v) is 13.2. The van der Waals surface area contributed by atoms with E-state index in [1.54, 1.807) is 24.3 Å². The Labute approximate surface area is 223 Å². The van der Waals surface area contributed by atoms with Crippen LogP contribution < -0.4 is 10.6 Å². The highest BCUT2D eigenvalue weighted by Gasteiger charge is 2.28. The predicted molar refractivity (Wildman–Crippen MR) is 150 cm³/mol. The minimum Gasteiger partial charge on any atom is -0.337 e. The van der Waals surface area contributed by atoms with E-state index < -0.39 is 0 Å². The fourth-order valence-electron chi connectivity index (χ4n) is 4.56. The summed E-state index contributed by atoms with van der Waals surface area (Å²) >= 11 is 6.00. The summed E-state index contributed by atoms with van der Waals surface area (Å²) in [4.78, 5) is 32.1. The number of likely N-dealkylation sites (tertiary alicyclic amines) is 1. The Balaban J connectivity index is 1.68. The first-order valence-electron chi connectivity index (χ1n) is 12.8. The summed E-state index contributed by atoms with van der Waals surface area (Å²) in [6.07, 6.45) is 3.10. The molecule has 3 aromatic rings. The number of piperidine rings is 1. The monoisotopic (exact) mass is 521 g/mol. The zero-order valence-electron chi connectivity index (χ0n) is 22.1. The van der Waals surface area contributed by atoms with Gasteiger partial charge in [0, 0.05) is 36.3 Å². The molecular weight excluding hydrogens is 486 g/mol. The molecule has 0 radical (unpaired) electrons. The van der Waals surface area contributed by atoms with E-state index in [2.05, 4.69) is 67.7 Å². The number of benzene rings is 2. The van der Waals surface area contributed by atoms with Crippen LogP contribution in [0.25, 0.3) is 11.0 Å². The molecule has 1 aliphatic rings. The highest BCUT2D eigenvalue weighted by molar-refractivity contribution is 6.30. The van der Waals surface area contributed by atoms with Gasteiger partial charge < -0.3 is 14.8 Å². The molecule has 0 aliphatic carbocycles. The molecule has 8 heteroatoms. The van der Waals surface area contributed by atoms with Gasteiger partial charge in [0.25, 0.3) is 5.91 Å². The topological polar surface area (TPSA) is 79.3 Å². The number of amides is 2. The summed E-state index contributed by atoms with van der Waals surface area (Å²) in [6.45, 7) is 14.4. The van der Waals surface area contributed by atoms with E-state index in [4.69, 9.17) is 16.6 Å². The lowest BCUT2D eigenvalue weighted by molar-refractivity contribution is -0.127. The summed E-state index contributed by atoms with van der Waals surface area (Å²) in [5.74, 6) is 0.132. The Morgan fingerprint density at radius 1 is 1.22 bits per heavy atom. The van der Waals surface area contributed by atoms with E-state index in [1.165, 1.54) is 6.08 Å². The molecule has 0 bridgehead atoms. The number of halogens is 1. The van der Waals surface area contributed by atoms with Crippen LogP contribution in [0, 0.1) is 5.41 Å². The molecule has 2 N–H and O–H groups in total. The Hall–Kier alpha value is -3.16. The van der Waals surface area contributed by atoms with Gasteiger partial charge in [-0.05, 0) is 73.2 Å². The number of imidazole rings is 1. The van der Waals surface area contributed by atoms with Crippen LogP contribution in [0.5, 0.6) is 0 Å². The summed E-state index contributed by atoms with van der Waals surface area (Å²) in [6, 6.07) is 13.3. The van der Waals surface area contributed by atoms with Crippen molar-refractivity contribution in [3.05, 3.63) is 71.3 Å². The van der Waals surface area contributed by atoms with E-state index in [-0.39, 0.29) is 23.3 Å². The molecule has 1 saturated heterocycles. The quantitative estimate of drug-likeness (QED) is 0.384. The van der Waals surface area contributed by atoms with Crippen molar-refractivity contribution in [2.24, 2.45) is 5.41 Å². The van der Waals surface area contributed by atoms with Gasteiger partial charge in [-0.2, -0.15) is 0 Å². The van der Waals surface area contributed by atoms with Gasteiger partial charge in [0.05, 0.1) is 17.1 Å². The Morgan fingerprint density at radius 3 is 2.62 bits per heavy atom. The third-order valence-electron chi connectivity index (χ3n) is 7.25.